The Morgan fingerprint density at radius 1 is 1.60 bits per heavy atom. The van der Waals surface area contributed by atoms with E-state index in [1.54, 1.807) is 0 Å². The highest BCUT2D eigenvalue weighted by molar-refractivity contribution is 5.76. The van der Waals surface area contributed by atoms with Gasteiger partial charge in [0.25, 0.3) is 0 Å². The van der Waals surface area contributed by atoms with Crippen LogP contribution in [0.1, 0.15) is 57.0 Å². The molecule has 0 spiro atoms. The Kier molecular flexibility index (Phi) is 4.84. The molecule has 108 valence electrons. The summed E-state index contributed by atoms with van der Waals surface area (Å²) in [5, 5.41) is 11.6. The third kappa shape index (κ3) is 3.86. The van der Waals surface area contributed by atoms with Crippen LogP contribution in [0.25, 0.3) is 0 Å². The van der Waals surface area contributed by atoms with Gasteiger partial charge in [0.1, 0.15) is 17.6 Å². The molecular formula is C16H22N2O2. The molecule has 1 aliphatic rings. The van der Waals surface area contributed by atoms with Gasteiger partial charge >= 0.3 is 0 Å². The average molecular weight is 274 g/mol. The molecule has 4 heteroatoms. The van der Waals surface area contributed by atoms with Gasteiger partial charge in [-0.3, -0.25) is 4.79 Å². The molecule has 0 unspecified atom stereocenters. The van der Waals surface area contributed by atoms with E-state index in [-0.39, 0.29) is 11.9 Å². The van der Waals surface area contributed by atoms with E-state index in [0.29, 0.717) is 25.2 Å². The van der Waals surface area contributed by atoms with Crippen LogP contribution in [0.2, 0.25) is 0 Å². The van der Waals surface area contributed by atoms with Gasteiger partial charge in [0.15, 0.2) is 0 Å². The standard InChI is InChI=1S/C16H22N2O2/c1-3-4-12(10-17)18-16(19)8-6-13-5-7-15(20-13)14-9-11(14)2/h5,7,11-12,14H,3-4,6,8-9H2,1-2H3,(H,18,19)/t11-,12+,14+/m0/s1. The molecule has 0 radical (unpaired) electrons. The third-order valence-corrected chi connectivity index (χ3v) is 3.82. The van der Waals surface area contributed by atoms with Crippen LogP contribution in [0.4, 0.5) is 0 Å². The summed E-state index contributed by atoms with van der Waals surface area (Å²) in [4.78, 5) is 11.8. The van der Waals surface area contributed by atoms with Crippen molar-refractivity contribution in [3.63, 3.8) is 0 Å². The van der Waals surface area contributed by atoms with Gasteiger partial charge in [-0.1, -0.05) is 20.3 Å². The number of carbonyl (C=O) groups excluding carboxylic acids is 1. The Morgan fingerprint density at radius 3 is 2.95 bits per heavy atom. The van der Waals surface area contributed by atoms with Crippen molar-refractivity contribution >= 4 is 5.91 Å². The lowest BCUT2D eigenvalue weighted by Gasteiger charge is -2.09. The van der Waals surface area contributed by atoms with E-state index in [4.69, 9.17) is 9.68 Å². The predicted octanol–water partition coefficient (Wildman–Crippen LogP) is 3.14. The van der Waals surface area contributed by atoms with Gasteiger partial charge < -0.3 is 9.73 Å². The molecule has 0 aromatic carbocycles. The van der Waals surface area contributed by atoms with Gasteiger partial charge in [0, 0.05) is 18.8 Å². The summed E-state index contributed by atoms with van der Waals surface area (Å²) in [5.74, 6) is 3.13. The van der Waals surface area contributed by atoms with E-state index in [0.717, 1.165) is 23.9 Å². The molecule has 20 heavy (non-hydrogen) atoms. The quantitative estimate of drug-likeness (QED) is 0.830. The summed E-state index contributed by atoms with van der Waals surface area (Å²) in [6.07, 6.45) is 3.76. The molecule has 1 amide bonds. The number of nitrogens with one attached hydrogen (secondary N) is 1. The summed E-state index contributed by atoms with van der Waals surface area (Å²) in [5.41, 5.74) is 0. The van der Waals surface area contributed by atoms with Crippen molar-refractivity contribution in [2.24, 2.45) is 5.92 Å². The maximum atomic E-state index is 11.8. The first-order chi connectivity index (χ1) is 9.63. The van der Waals surface area contributed by atoms with Gasteiger partial charge in [0.05, 0.1) is 6.07 Å². The van der Waals surface area contributed by atoms with E-state index >= 15 is 0 Å². The van der Waals surface area contributed by atoms with Crippen LogP contribution in [-0.4, -0.2) is 11.9 Å². The van der Waals surface area contributed by atoms with Gasteiger partial charge in [-0.05, 0) is 30.9 Å². The first kappa shape index (κ1) is 14.6. The van der Waals surface area contributed by atoms with E-state index in [1.165, 1.54) is 6.42 Å². The lowest BCUT2D eigenvalue weighted by Crippen LogP contribution is -2.33. The average Bonchev–Trinajstić information content (AvgIpc) is 2.99. The number of hydrogen-bond acceptors (Lipinski definition) is 3. The second-order valence-electron chi connectivity index (χ2n) is 5.66. The summed E-state index contributed by atoms with van der Waals surface area (Å²) in [6, 6.07) is 5.72. The van der Waals surface area contributed by atoms with Gasteiger partial charge in [-0.15, -0.1) is 0 Å². The van der Waals surface area contributed by atoms with Crippen LogP contribution in [-0.2, 0) is 11.2 Å². The lowest BCUT2D eigenvalue weighted by molar-refractivity contribution is -0.121. The normalized spacial score (nSPS) is 22.1. The molecular weight excluding hydrogens is 252 g/mol. The molecule has 3 atom stereocenters. The largest absolute Gasteiger partial charge is 0.466 e. The lowest BCUT2D eigenvalue weighted by atomic mass is 10.1. The fraction of sp³-hybridized carbons (Fsp3) is 0.625. The molecule has 0 bridgehead atoms. The molecule has 1 saturated carbocycles. The van der Waals surface area contributed by atoms with E-state index in [9.17, 15) is 4.79 Å². The Hall–Kier alpha value is -1.76. The smallest absolute Gasteiger partial charge is 0.221 e. The fourth-order valence-corrected chi connectivity index (χ4v) is 2.41. The molecule has 0 aliphatic heterocycles. The van der Waals surface area contributed by atoms with Crippen molar-refractivity contribution in [1.29, 1.82) is 5.26 Å². The van der Waals surface area contributed by atoms with Crippen molar-refractivity contribution in [2.45, 2.75) is 57.9 Å². The highest BCUT2D eigenvalue weighted by atomic mass is 16.3. The second-order valence-corrected chi connectivity index (χ2v) is 5.66. The van der Waals surface area contributed by atoms with Crippen LogP contribution >= 0.6 is 0 Å². The van der Waals surface area contributed by atoms with Crippen molar-refractivity contribution in [3.8, 4) is 6.07 Å². The van der Waals surface area contributed by atoms with Crippen LogP contribution in [0.5, 0.6) is 0 Å². The van der Waals surface area contributed by atoms with Crippen molar-refractivity contribution in [1.82, 2.24) is 5.32 Å². The monoisotopic (exact) mass is 274 g/mol. The highest BCUT2D eigenvalue weighted by Gasteiger charge is 2.36. The number of nitriles is 1. The van der Waals surface area contributed by atoms with Gasteiger partial charge in [-0.2, -0.15) is 5.26 Å². The molecule has 1 heterocycles. The summed E-state index contributed by atoms with van der Waals surface area (Å²) in [7, 11) is 0. The number of furan rings is 1. The SMILES string of the molecule is CCC[C@H](C#N)NC(=O)CCc1ccc([C@@H]2C[C@@H]2C)o1. The van der Waals surface area contributed by atoms with E-state index in [1.807, 2.05) is 19.1 Å². The maximum absolute atomic E-state index is 11.8. The molecule has 1 aliphatic carbocycles. The molecule has 2 rings (SSSR count). The van der Waals surface area contributed by atoms with Crippen LogP contribution in [0.15, 0.2) is 16.5 Å². The summed E-state index contributed by atoms with van der Waals surface area (Å²) >= 11 is 0. The predicted molar refractivity (Wildman–Crippen MR) is 76.0 cm³/mol. The minimum absolute atomic E-state index is 0.0808. The van der Waals surface area contributed by atoms with E-state index in [2.05, 4.69) is 18.3 Å². The molecule has 1 aromatic heterocycles. The fourth-order valence-electron chi connectivity index (χ4n) is 2.41. The Morgan fingerprint density at radius 2 is 2.35 bits per heavy atom. The minimum Gasteiger partial charge on any atom is -0.466 e. The molecule has 1 aromatic rings. The molecule has 4 nitrogen and oxygen atoms in total. The minimum atomic E-state index is -0.369. The maximum Gasteiger partial charge on any atom is 0.221 e. The zero-order valence-electron chi connectivity index (χ0n) is 12.2. The first-order valence-corrected chi connectivity index (χ1v) is 7.41. The van der Waals surface area contributed by atoms with Gasteiger partial charge in [0.2, 0.25) is 5.91 Å². The molecule has 0 saturated heterocycles. The zero-order chi connectivity index (χ0) is 14.5. The Bertz CT molecular complexity index is 501. The molecule has 1 N–H and O–H groups in total. The highest BCUT2D eigenvalue weighted by Crippen LogP contribution is 2.47. The van der Waals surface area contributed by atoms with Gasteiger partial charge in [-0.25, -0.2) is 0 Å². The Balaban J connectivity index is 1.75. The van der Waals surface area contributed by atoms with Crippen molar-refractivity contribution < 1.29 is 9.21 Å². The van der Waals surface area contributed by atoms with Crippen LogP contribution in [0.3, 0.4) is 0 Å². The first-order valence-electron chi connectivity index (χ1n) is 7.41. The molecule has 1 fully saturated rings. The third-order valence-electron chi connectivity index (χ3n) is 3.82. The topological polar surface area (TPSA) is 66.0 Å². The van der Waals surface area contributed by atoms with Crippen molar-refractivity contribution in [3.05, 3.63) is 23.7 Å². The Labute approximate surface area is 120 Å². The van der Waals surface area contributed by atoms with Crippen LogP contribution < -0.4 is 5.32 Å². The number of rotatable bonds is 7. The summed E-state index contributed by atoms with van der Waals surface area (Å²) < 4.78 is 5.76. The zero-order valence-corrected chi connectivity index (χ0v) is 12.2. The second kappa shape index (κ2) is 6.60. The van der Waals surface area contributed by atoms with E-state index < -0.39 is 0 Å². The number of aryl methyl sites for hydroxylation is 1. The number of nitrogens with zero attached hydrogens (tertiary/aromatic N) is 1. The number of carbonyl (C=O) groups is 1. The van der Waals surface area contributed by atoms with Crippen LogP contribution in [0, 0.1) is 17.2 Å². The van der Waals surface area contributed by atoms with Crippen molar-refractivity contribution in [2.75, 3.05) is 0 Å². The number of amides is 1. The number of hydrogen-bond donors (Lipinski definition) is 1. The summed E-state index contributed by atoms with van der Waals surface area (Å²) in [6.45, 7) is 4.22.